The third kappa shape index (κ3) is 8.86. The van der Waals surface area contributed by atoms with Gasteiger partial charge in [-0.15, -0.1) is 0 Å². The molecule has 1 aromatic heterocycles. The van der Waals surface area contributed by atoms with Gasteiger partial charge in [0.2, 0.25) is 0 Å². The average molecular weight is 905 g/mol. The van der Waals surface area contributed by atoms with Crippen molar-refractivity contribution in [2.45, 2.75) is 53.9 Å². The summed E-state index contributed by atoms with van der Waals surface area (Å²) in [6, 6.07) is 83.8. The van der Waals surface area contributed by atoms with Gasteiger partial charge in [0, 0.05) is 38.9 Å². The Morgan fingerprint density at radius 2 is 1.00 bits per heavy atom. The molecule has 1 atom stereocenters. The molecule has 70 heavy (non-hydrogen) atoms. The van der Waals surface area contributed by atoms with E-state index in [4.69, 9.17) is 0 Å². The van der Waals surface area contributed by atoms with Crippen molar-refractivity contribution in [2.24, 2.45) is 0 Å². The highest BCUT2D eigenvalue weighted by Gasteiger charge is 2.26. The zero-order valence-corrected chi connectivity index (χ0v) is 41.2. The topological polar surface area (TPSA) is 19.0 Å². The summed E-state index contributed by atoms with van der Waals surface area (Å²) in [5, 5.41) is 2.54. The molecule has 10 aromatic carbocycles. The van der Waals surface area contributed by atoms with Crippen LogP contribution in [0.4, 0.5) is 17.1 Å². The minimum atomic E-state index is 0.344. The number of anilines is 3. The van der Waals surface area contributed by atoms with Gasteiger partial charge in [-0.3, -0.25) is 0 Å². The summed E-state index contributed by atoms with van der Waals surface area (Å²) in [5.74, 6) is 0.344. The molecule has 12 rings (SSSR count). The molecule has 2 heteroatoms. The van der Waals surface area contributed by atoms with Gasteiger partial charge in [-0.1, -0.05) is 220 Å². The first kappa shape index (κ1) is 45.6. The largest absolute Gasteiger partial charge is 0.354 e. The summed E-state index contributed by atoms with van der Waals surface area (Å²) in [4.78, 5) is 6.26. The molecule has 0 fully saturated rings. The highest BCUT2D eigenvalue weighted by molar-refractivity contribution is 6.17. The Labute approximate surface area is 414 Å². The number of hydrogen-bond acceptors (Lipinski definition) is 1. The highest BCUT2D eigenvalue weighted by atomic mass is 15.1. The number of rotatable bonds is 7. The molecule has 1 heterocycles. The van der Waals surface area contributed by atoms with Crippen LogP contribution in [-0.4, -0.2) is 4.98 Å². The minimum Gasteiger partial charge on any atom is -0.354 e. The molecule has 0 saturated heterocycles. The number of nitrogens with zero attached hydrogens (tertiary/aromatic N) is 1. The molecule has 1 N–H and O–H groups in total. The minimum absolute atomic E-state index is 0.344. The Morgan fingerprint density at radius 1 is 0.429 bits per heavy atom. The second-order valence-electron chi connectivity index (χ2n) is 18.4. The predicted molar refractivity (Wildman–Crippen MR) is 302 cm³/mol. The SMILES string of the molecule is CC.Cc1ccccc1.Cc1ccccc1-c1cccc(N(c2ccc(-c3ccccc3)cc2)c2ccc3c(c2)C(C)Cc2cc(-c4cccc5[nH]c6c(-c7ccccc7)cccc6c45)ccc2-3)c1C. The molecule has 342 valence electrons. The summed E-state index contributed by atoms with van der Waals surface area (Å²) in [6.45, 7) is 13.0. The molecule has 0 amide bonds. The predicted octanol–water partition coefficient (Wildman–Crippen LogP) is 19.4. The van der Waals surface area contributed by atoms with Crippen LogP contribution in [0, 0.1) is 20.8 Å². The van der Waals surface area contributed by atoms with Gasteiger partial charge in [-0.2, -0.15) is 0 Å². The van der Waals surface area contributed by atoms with Gasteiger partial charge in [-0.05, 0) is 142 Å². The van der Waals surface area contributed by atoms with Crippen molar-refractivity contribution in [3.63, 3.8) is 0 Å². The number of aryl methyl sites for hydroxylation is 2. The fourth-order valence-electron chi connectivity index (χ4n) is 10.5. The summed E-state index contributed by atoms with van der Waals surface area (Å²) < 4.78 is 0. The van der Waals surface area contributed by atoms with E-state index in [2.05, 4.69) is 250 Å². The van der Waals surface area contributed by atoms with Gasteiger partial charge in [0.1, 0.15) is 0 Å². The Kier molecular flexibility index (Phi) is 13.1. The Morgan fingerprint density at radius 3 is 1.71 bits per heavy atom. The fraction of sp³-hybridized carbons (Fsp3) is 0.118. The van der Waals surface area contributed by atoms with Crippen LogP contribution in [0.1, 0.15) is 54.5 Å². The number of hydrogen-bond donors (Lipinski definition) is 1. The van der Waals surface area contributed by atoms with Crippen LogP contribution >= 0.6 is 0 Å². The van der Waals surface area contributed by atoms with Crippen molar-refractivity contribution in [1.29, 1.82) is 0 Å². The van der Waals surface area contributed by atoms with E-state index in [1.807, 2.05) is 32.0 Å². The van der Waals surface area contributed by atoms with Gasteiger partial charge in [-0.25, -0.2) is 0 Å². The van der Waals surface area contributed by atoms with Crippen LogP contribution in [0.25, 0.3) is 77.4 Å². The van der Waals surface area contributed by atoms with Crippen molar-refractivity contribution in [2.75, 3.05) is 4.90 Å². The van der Waals surface area contributed by atoms with Gasteiger partial charge in [0.15, 0.2) is 0 Å². The Balaban J connectivity index is 0.000000576. The summed E-state index contributed by atoms with van der Waals surface area (Å²) in [5.41, 5.74) is 25.1. The highest BCUT2D eigenvalue weighted by Crippen LogP contribution is 2.47. The van der Waals surface area contributed by atoms with Crippen LogP contribution in [-0.2, 0) is 6.42 Å². The van der Waals surface area contributed by atoms with E-state index in [1.165, 1.54) is 117 Å². The van der Waals surface area contributed by atoms with Gasteiger partial charge in [0.05, 0.1) is 5.52 Å². The number of para-hydroxylation sites is 1. The van der Waals surface area contributed by atoms with Crippen molar-refractivity contribution >= 4 is 38.9 Å². The smallest absolute Gasteiger partial charge is 0.0544 e. The summed E-state index contributed by atoms with van der Waals surface area (Å²) in [6.07, 6.45) is 0.981. The first-order valence-electron chi connectivity index (χ1n) is 24.9. The maximum Gasteiger partial charge on any atom is 0.0544 e. The van der Waals surface area contributed by atoms with E-state index in [1.54, 1.807) is 0 Å². The first-order chi connectivity index (χ1) is 34.4. The molecule has 0 aliphatic heterocycles. The molecule has 11 aromatic rings. The van der Waals surface area contributed by atoms with Crippen LogP contribution in [0.15, 0.2) is 231 Å². The molecule has 1 unspecified atom stereocenters. The van der Waals surface area contributed by atoms with Crippen molar-refractivity contribution in [3.8, 4) is 55.6 Å². The molecule has 0 bridgehead atoms. The number of aromatic amines is 1. The number of nitrogens with one attached hydrogen (secondary N) is 1. The van der Waals surface area contributed by atoms with Crippen LogP contribution < -0.4 is 4.90 Å². The number of fused-ring (bicyclic) bond motifs is 6. The number of H-pyrrole nitrogens is 1. The van der Waals surface area contributed by atoms with E-state index in [-0.39, 0.29) is 0 Å². The summed E-state index contributed by atoms with van der Waals surface area (Å²) >= 11 is 0. The van der Waals surface area contributed by atoms with E-state index >= 15 is 0 Å². The van der Waals surface area contributed by atoms with E-state index < -0.39 is 0 Å². The lowest BCUT2D eigenvalue weighted by molar-refractivity contribution is 0.749. The maximum absolute atomic E-state index is 3.80. The standard InChI is InChI=1S/C59H46N2.C7H8.C2H6/c1-38-15-10-11-20-48(38)49-21-14-26-57(40(49)3)61(46-30-27-42(28-31-46)41-16-6-4-7-17-41)47-32-34-53-50-33-29-44(36-45(50)35-39(2)55(53)37-47)51-22-13-25-56-58(51)54-24-12-23-52(59(54)60-56)43-18-8-5-9-19-43;1-7-5-3-2-4-6-7;1-2/h4-34,36-37,39,60H,35H2,1-3H3;2-6H,1H3;1-2H3. The number of benzene rings is 10. The molecule has 2 nitrogen and oxygen atoms in total. The third-order valence-electron chi connectivity index (χ3n) is 14.0. The molecule has 0 saturated carbocycles. The lowest BCUT2D eigenvalue weighted by atomic mass is 9.78. The van der Waals surface area contributed by atoms with Crippen LogP contribution in [0.3, 0.4) is 0 Å². The van der Waals surface area contributed by atoms with E-state index in [9.17, 15) is 0 Å². The lowest BCUT2D eigenvalue weighted by Gasteiger charge is -2.31. The first-order valence-corrected chi connectivity index (χ1v) is 24.9. The molecular formula is C68H60N2. The normalized spacial score (nSPS) is 12.5. The molecule has 1 aliphatic rings. The van der Waals surface area contributed by atoms with Crippen LogP contribution in [0.5, 0.6) is 0 Å². The van der Waals surface area contributed by atoms with Gasteiger partial charge < -0.3 is 9.88 Å². The van der Waals surface area contributed by atoms with E-state index in [0.29, 0.717) is 5.92 Å². The Bertz CT molecular complexity index is 3570. The summed E-state index contributed by atoms with van der Waals surface area (Å²) in [7, 11) is 0. The quantitative estimate of drug-likeness (QED) is 0.169. The molecular weight excluding hydrogens is 845 g/mol. The van der Waals surface area contributed by atoms with Crippen molar-refractivity contribution < 1.29 is 0 Å². The monoisotopic (exact) mass is 904 g/mol. The zero-order chi connectivity index (χ0) is 48.1. The second kappa shape index (κ2) is 20.2. The van der Waals surface area contributed by atoms with Gasteiger partial charge in [0.25, 0.3) is 0 Å². The molecule has 1 aliphatic carbocycles. The third-order valence-corrected chi connectivity index (χ3v) is 14.0. The zero-order valence-electron chi connectivity index (χ0n) is 41.2. The fourth-order valence-corrected chi connectivity index (χ4v) is 10.5. The van der Waals surface area contributed by atoms with Crippen LogP contribution in [0.2, 0.25) is 0 Å². The van der Waals surface area contributed by atoms with Crippen molar-refractivity contribution in [1.82, 2.24) is 4.98 Å². The maximum atomic E-state index is 3.80. The molecule has 0 spiro atoms. The molecule has 0 radical (unpaired) electrons. The van der Waals surface area contributed by atoms with Gasteiger partial charge >= 0.3 is 0 Å². The second-order valence-corrected chi connectivity index (χ2v) is 18.4. The van der Waals surface area contributed by atoms with Crippen molar-refractivity contribution in [3.05, 3.63) is 258 Å². The average Bonchev–Trinajstić information content (AvgIpc) is 3.81. The number of aromatic nitrogens is 1. The van der Waals surface area contributed by atoms with E-state index in [0.717, 1.165) is 12.1 Å². The Hall–Kier alpha value is -8.20. The lowest BCUT2D eigenvalue weighted by Crippen LogP contribution is -2.14.